The summed E-state index contributed by atoms with van der Waals surface area (Å²) in [6, 6.07) is 36.3. The van der Waals surface area contributed by atoms with Gasteiger partial charge in [-0.2, -0.15) is 0 Å². The molecule has 0 unspecified atom stereocenters. The molecule has 0 saturated carbocycles. The van der Waals surface area contributed by atoms with Crippen LogP contribution in [0.2, 0.25) is 0 Å². The molecule has 0 aliphatic carbocycles. The van der Waals surface area contributed by atoms with E-state index in [2.05, 4.69) is 107 Å². The van der Waals surface area contributed by atoms with Crippen LogP contribution in [0.1, 0.15) is 52.7 Å². The van der Waals surface area contributed by atoms with Crippen molar-refractivity contribution in [2.45, 2.75) is 52.4 Å². The number of rotatable bonds is 4. The quantitative estimate of drug-likeness (QED) is 0.183. The second kappa shape index (κ2) is 11.6. The predicted octanol–water partition coefficient (Wildman–Crippen LogP) is 9.52. The summed E-state index contributed by atoms with van der Waals surface area (Å²) in [5.74, 6) is 0.883. The zero-order valence-electron chi connectivity index (χ0n) is 25.4. The molecule has 5 heteroatoms. The first-order valence-electron chi connectivity index (χ1n) is 14.4. The zero-order valence-corrected chi connectivity index (χ0v) is 27.7. The van der Waals surface area contributed by atoms with E-state index in [0.29, 0.717) is 11.4 Å². The first kappa shape index (κ1) is 30.4. The van der Waals surface area contributed by atoms with E-state index >= 15 is 0 Å². The maximum atomic E-state index is 10.8. The number of imidazole rings is 1. The van der Waals surface area contributed by atoms with Gasteiger partial charge in [0.25, 0.3) is 0 Å². The van der Waals surface area contributed by atoms with Crippen LogP contribution in [0.3, 0.4) is 0 Å². The van der Waals surface area contributed by atoms with E-state index in [1.807, 2.05) is 42.6 Å². The van der Waals surface area contributed by atoms with Gasteiger partial charge >= 0.3 is 0 Å². The van der Waals surface area contributed by atoms with E-state index in [1.165, 1.54) is 11.1 Å². The molecule has 0 aliphatic heterocycles. The molecule has 4 nitrogen and oxygen atoms in total. The molecule has 4 aromatic carbocycles. The van der Waals surface area contributed by atoms with Gasteiger partial charge in [0.15, 0.2) is 0 Å². The Kier molecular flexibility index (Phi) is 8.20. The molecule has 1 N–H and O–H groups in total. The minimum Gasteiger partial charge on any atom is -0.507 e. The fraction of sp³-hybridized carbons (Fsp3) is 0.211. The maximum absolute atomic E-state index is 10.8. The normalized spacial score (nSPS) is 11.9. The van der Waals surface area contributed by atoms with Crippen molar-refractivity contribution in [1.29, 1.82) is 0 Å². The summed E-state index contributed by atoms with van der Waals surface area (Å²) in [6.45, 7) is 13.4. The van der Waals surface area contributed by atoms with E-state index in [-0.39, 0.29) is 37.6 Å². The number of hydrogen-bond acceptors (Lipinski definition) is 3. The second-order valence-electron chi connectivity index (χ2n) is 12.9. The van der Waals surface area contributed by atoms with Gasteiger partial charge in [-0.05, 0) is 52.8 Å². The molecule has 0 amide bonds. The van der Waals surface area contributed by atoms with E-state index in [0.717, 1.165) is 39.1 Å². The van der Waals surface area contributed by atoms with Crippen molar-refractivity contribution in [3.8, 4) is 45.2 Å². The monoisotopic (exact) mass is 745 g/mol. The van der Waals surface area contributed by atoms with Crippen molar-refractivity contribution in [2.75, 3.05) is 0 Å². The number of nitrogens with zero attached hydrogens (tertiary/aromatic N) is 3. The molecule has 43 heavy (non-hydrogen) atoms. The first-order valence-corrected chi connectivity index (χ1v) is 14.4. The van der Waals surface area contributed by atoms with Crippen molar-refractivity contribution < 1.29 is 26.2 Å². The van der Waals surface area contributed by atoms with Crippen LogP contribution in [0, 0.1) is 6.07 Å². The Hall–Kier alpha value is -4.01. The Bertz CT molecular complexity index is 1910. The van der Waals surface area contributed by atoms with Gasteiger partial charge in [0, 0.05) is 38.6 Å². The molecule has 2 aromatic heterocycles. The third-order valence-electron chi connectivity index (χ3n) is 7.77. The third-order valence-corrected chi connectivity index (χ3v) is 7.77. The van der Waals surface area contributed by atoms with Gasteiger partial charge in [-0.3, -0.25) is 9.55 Å². The minimum atomic E-state index is -0.0848. The molecule has 0 bridgehead atoms. The average molecular weight is 746 g/mol. The summed E-state index contributed by atoms with van der Waals surface area (Å²) in [7, 11) is 0. The topological polar surface area (TPSA) is 50.9 Å². The Morgan fingerprint density at radius 1 is 0.674 bits per heavy atom. The fourth-order valence-electron chi connectivity index (χ4n) is 5.33. The van der Waals surface area contributed by atoms with Crippen molar-refractivity contribution >= 4 is 11.0 Å². The van der Waals surface area contributed by atoms with Crippen LogP contribution in [0.15, 0.2) is 103 Å². The number of fused-ring (bicyclic) bond motifs is 1. The van der Waals surface area contributed by atoms with Gasteiger partial charge in [-0.1, -0.05) is 101 Å². The van der Waals surface area contributed by atoms with E-state index < -0.39 is 0 Å². The predicted molar refractivity (Wildman–Crippen MR) is 173 cm³/mol. The summed E-state index contributed by atoms with van der Waals surface area (Å²) in [6.07, 6.45) is 1.90. The molecule has 0 saturated heterocycles. The number of hydrogen-bond donors (Lipinski definition) is 1. The zero-order chi connectivity index (χ0) is 29.6. The molecule has 0 spiro atoms. The van der Waals surface area contributed by atoms with Crippen molar-refractivity contribution in [1.82, 2.24) is 14.5 Å². The summed E-state index contributed by atoms with van der Waals surface area (Å²) < 4.78 is 2.12. The van der Waals surface area contributed by atoms with Crippen molar-refractivity contribution in [3.05, 3.63) is 120 Å². The van der Waals surface area contributed by atoms with Crippen molar-refractivity contribution in [3.63, 3.8) is 0 Å². The minimum absolute atomic E-state index is 0. The van der Waals surface area contributed by atoms with Crippen LogP contribution in [0.25, 0.3) is 50.5 Å². The number of phenols is 1. The van der Waals surface area contributed by atoms with Gasteiger partial charge in [0.1, 0.15) is 11.6 Å². The fourth-order valence-corrected chi connectivity index (χ4v) is 5.33. The Labute approximate surface area is 268 Å². The molecular formula is C38H36N3OPt-. The maximum Gasteiger partial charge on any atom is 0.148 e. The Morgan fingerprint density at radius 3 is 2.02 bits per heavy atom. The molecule has 0 fully saturated rings. The summed E-state index contributed by atoms with van der Waals surface area (Å²) in [4.78, 5) is 9.98. The first-order chi connectivity index (χ1) is 20.0. The summed E-state index contributed by atoms with van der Waals surface area (Å²) >= 11 is 0. The molecule has 220 valence electrons. The molecule has 0 radical (unpaired) electrons. The van der Waals surface area contributed by atoms with Gasteiger partial charge in [0.2, 0.25) is 0 Å². The van der Waals surface area contributed by atoms with Crippen molar-refractivity contribution in [2.24, 2.45) is 0 Å². The molecule has 6 rings (SSSR count). The van der Waals surface area contributed by atoms with E-state index in [1.54, 1.807) is 6.07 Å². The standard InChI is InChI=1S/C38H36N3O.Pt/c1-37(2,3)27-19-20-39-32(24-27)26-21-25(22-28(23-26)38(4,5)6)30-16-12-17-33-35(30)40-36(31-15-10-11-18-34(31)42)41(33)29-13-8-7-9-14-29;/h7-20,22-24,42H,1-6H3;/q-1;. The average Bonchev–Trinajstić information content (AvgIpc) is 3.36. The second-order valence-corrected chi connectivity index (χ2v) is 12.9. The summed E-state index contributed by atoms with van der Waals surface area (Å²) in [5.41, 5.74) is 9.66. The molecule has 2 heterocycles. The number of pyridine rings is 1. The van der Waals surface area contributed by atoms with Crippen LogP contribution in [0.4, 0.5) is 0 Å². The van der Waals surface area contributed by atoms with Gasteiger partial charge in [-0.15, -0.1) is 29.3 Å². The summed E-state index contributed by atoms with van der Waals surface area (Å²) in [5, 5.41) is 10.8. The Morgan fingerprint density at radius 2 is 1.33 bits per heavy atom. The van der Waals surface area contributed by atoms with Gasteiger partial charge in [0.05, 0.1) is 16.6 Å². The largest absolute Gasteiger partial charge is 0.507 e. The number of aromatic nitrogens is 3. The van der Waals surface area contributed by atoms with Crippen LogP contribution >= 0.6 is 0 Å². The Balaban J connectivity index is 0.00000368. The number of benzene rings is 4. The third kappa shape index (κ3) is 5.94. The van der Waals surface area contributed by atoms with Gasteiger partial charge in [-0.25, -0.2) is 4.98 Å². The number of para-hydroxylation sites is 3. The van der Waals surface area contributed by atoms with Crippen LogP contribution in [-0.2, 0) is 31.9 Å². The van der Waals surface area contributed by atoms with E-state index in [9.17, 15) is 5.11 Å². The SMILES string of the molecule is CC(C)(C)c1cc(-c2cc(C(C)(C)C)ccn2)[c-]c(-c2cccc3c2nc(-c2ccccc2O)n3-c2ccccc2)c1.[Pt]. The van der Waals surface area contributed by atoms with Crippen LogP contribution < -0.4 is 0 Å². The van der Waals surface area contributed by atoms with Crippen LogP contribution in [0.5, 0.6) is 5.75 Å². The molecule has 0 atom stereocenters. The smallest absolute Gasteiger partial charge is 0.148 e. The van der Waals surface area contributed by atoms with E-state index in [4.69, 9.17) is 9.97 Å². The number of aromatic hydroxyl groups is 1. The number of phenolic OH excluding ortho intramolecular Hbond substituents is 1. The van der Waals surface area contributed by atoms with Gasteiger partial charge < -0.3 is 5.11 Å². The molecular weight excluding hydrogens is 710 g/mol. The van der Waals surface area contributed by atoms with Crippen LogP contribution in [-0.4, -0.2) is 19.6 Å². The molecule has 0 aliphatic rings. The molecule has 6 aromatic rings.